The molecule has 1 aromatic carbocycles. The largest absolute Gasteiger partial charge is 0.492 e. The SMILES string of the molecule is CCC(C)COc1c(C)cccc1C(=O)O. The molecule has 3 nitrogen and oxygen atoms in total. The van der Waals surface area contributed by atoms with E-state index in [0.29, 0.717) is 18.3 Å². The Kier molecular flexibility index (Phi) is 4.35. The summed E-state index contributed by atoms with van der Waals surface area (Å²) in [5.41, 5.74) is 1.10. The molecule has 1 aromatic rings. The lowest BCUT2D eigenvalue weighted by atomic mass is 10.1. The van der Waals surface area contributed by atoms with Crippen LogP contribution in [0.2, 0.25) is 0 Å². The molecule has 0 aromatic heterocycles. The summed E-state index contributed by atoms with van der Waals surface area (Å²) in [6, 6.07) is 5.16. The lowest BCUT2D eigenvalue weighted by Gasteiger charge is -2.14. The molecule has 0 aliphatic rings. The van der Waals surface area contributed by atoms with Gasteiger partial charge in [0.2, 0.25) is 0 Å². The topological polar surface area (TPSA) is 46.5 Å². The van der Waals surface area contributed by atoms with Crippen LogP contribution in [0.15, 0.2) is 18.2 Å². The van der Waals surface area contributed by atoms with Crippen LogP contribution in [0.4, 0.5) is 0 Å². The van der Waals surface area contributed by atoms with E-state index in [1.54, 1.807) is 12.1 Å². The predicted molar refractivity (Wildman–Crippen MR) is 63.1 cm³/mol. The molecule has 3 heteroatoms. The molecule has 0 fully saturated rings. The Morgan fingerprint density at radius 2 is 2.19 bits per heavy atom. The van der Waals surface area contributed by atoms with Crippen molar-refractivity contribution in [1.82, 2.24) is 0 Å². The standard InChI is InChI=1S/C13H18O3/c1-4-9(2)8-16-12-10(3)6-5-7-11(12)13(14)15/h5-7,9H,4,8H2,1-3H3,(H,14,15). The molecule has 0 saturated heterocycles. The first-order valence-corrected chi connectivity index (χ1v) is 5.52. The Morgan fingerprint density at radius 3 is 2.75 bits per heavy atom. The molecule has 0 aliphatic carbocycles. The number of aryl methyl sites for hydroxylation is 1. The first-order chi connectivity index (χ1) is 7.56. The molecule has 0 amide bonds. The maximum absolute atomic E-state index is 11.0. The normalized spacial score (nSPS) is 12.2. The van der Waals surface area contributed by atoms with E-state index >= 15 is 0 Å². The number of carboxylic acids is 1. The third-order valence-corrected chi connectivity index (χ3v) is 2.65. The second-order valence-corrected chi connectivity index (χ2v) is 4.08. The van der Waals surface area contributed by atoms with Crippen LogP contribution in [0.5, 0.6) is 5.75 Å². The Hall–Kier alpha value is -1.51. The summed E-state index contributed by atoms with van der Waals surface area (Å²) in [7, 11) is 0. The predicted octanol–water partition coefficient (Wildman–Crippen LogP) is 3.12. The lowest BCUT2D eigenvalue weighted by molar-refractivity contribution is 0.0691. The van der Waals surface area contributed by atoms with Crippen molar-refractivity contribution in [2.75, 3.05) is 6.61 Å². The summed E-state index contributed by atoms with van der Waals surface area (Å²) in [5.74, 6) is -0.0144. The molecule has 0 radical (unpaired) electrons. The molecule has 0 spiro atoms. The molecule has 1 atom stereocenters. The molecule has 1 rings (SSSR count). The highest BCUT2D eigenvalue weighted by molar-refractivity contribution is 5.91. The molecule has 0 heterocycles. The maximum Gasteiger partial charge on any atom is 0.339 e. The zero-order valence-corrected chi connectivity index (χ0v) is 9.99. The zero-order valence-electron chi connectivity index (χ0n) is 9.99. The summed E-state index contributed by atoms with van der Waals surface area (Å²) in [6.07, 6.45) is 1.02. The Bertz CT molecular complexity index is 371. The Labute approximate surface area is 96.1 Å². The number of rotatable bonds is 5. The minimum absolute atomic E-state index is 0.239. The van der Waals surface area contributed by atoms with Gasteiger partial charge in [-0.15, -0.1) is 0 Å². The van der Waals surface area contributed by atoms with E-state index in [2.05, 4.69) is 13.8 Å². The van der Waals surface area contributed by atoms with E-state index in [0.717, 1.165) is 12.0 Å². The number of carboxylic acid groups (broad SMARTS) is 1. The van der Waals surface area contributed by atoms with Crippen LogP contribution in [0.3, 0.4) is 0 Å². The van der Waals surface area contributed by atoms with Crippen molar-refractivity contribution in [2.24, 2.45) is 5.92 Å². The van der Waals surface area contributed by atoms with E-state index in [4.69, 9.17) is 9.84 Å². The van der Waals surface area contributed by atoms with E-state index in [-0.39, 0.29) is 5.56 Å². The van der Waals surface area contributed by atoms with Crippen molar-refractivity contribution in [2.45, 2.75) is 27.2 Å². The van der Waals surface area contributed by atoms with Gasteiger partial charge < -0.3 is 9.84 Å². The van der Waals surface area contributed by atoms with Gasteiger partial charge in [0.15, 0.2) is 0 Å². The van der Waals surface area contributed by atoms with Gasteiger partial charge in [0, 0.05) is 0 Å². The number of ether oxygens (including phenoxy) is 1. The first-order valence-electron chi connectivity index (χ1n) is 5.52. The van der Waals surface area contributed by atoms with Crippen molar-refractivity contribution >= 4 is 5.97 Å². The number of hydrogen-bond acceptors (Lipinski definition) is 2. The van der Waals surface area contributed by atoms with Crippen LogP contribution in [0.1, 0.15) is 36.2 Å². The number of hydrogen-bond donors (Lipinski definition) is 1. The molecule has 0 bridgehead atoms. The highest BCUT2D eigenvalue weighted by Gasteiger charge is 2.13. The molecule has 88 valence electrons. The molecule has 0 saturated carbocycles. The van der Waals surface area contributed by atoms with Gasteiger partial charge in [-0.3, -0.25) is 0 Å². The minimum atomic E-state index is -0.942. The van der Waals surface area contributed by atoms with Crippen molar-refractivity contribution in [3.05, 3.63) is 29.3 Å². The monoisotopic (exact) mass is 222 g/mol. The lowest BCUT2D eigenvalue weighted by Crippen LogP contribution is -2.11. The van der Waals surface area contributed by atoms with Crippen molar-refractivity contribution < 1.29 is 14.6 Å². The fourth-order valence-electron chi connectivity index (χ4n) is 1.36. The number of benzene rings is 1. The van der Waals surface area contributed by atoms with Gasteiger partial charge in [-0.05, 0) is 24.5 Å². The summed E-state index contributed by atoms with van der Waals surface area (Å²) in [6.45, 7) is 6.59. The molecule has 0 aliphatic heterocycles. The van der Waals surface area contributed by atoms with E-state index in [9.17, 15) is 4.79 Å². The first kappa shape index (κ1) is 12.6. The third kappa shape index (κ3) is 2.99. The van der Waals surface area contributed by atoms with E-state index in [1.165, 1.54) is 0 Å². The van der Waals surface area contributed by atoms with Crippen LogP contribution in [-0.2, 0) is 0 Å². The smallest absolute Gasteiger partial charge is 0.339 e. The maximum atomic E-state index is 11.0. The third-order valence-electron chi connectivity index (χ3n) is 2.65. The minimum Gasteiger partial charge on any atom is -0.492 e. The molecule has 1 unspecified atom stereocenters. The molecular formula is C13H18O3. The fraction of sp³-hybridized carbons (Fsp3) is 0.462. The number of para-hydroxylation sites is 1. The summed E-state index contributed by atoms with van der Waals surface area (Å²) in [5, 5.41) is 9.03. The molecule has 1 N–H and O–H groups in total. The van der Waals surface area contributed by atoms with E-state index in [1.807, 2.05) is 13.0 Å². The highest BCUT2D eigenvalue weighted by atomic mass is 16.5. The van der Waals surface area contributed by atoms with Crippen molar-refractivity contribution in [3.8, 4) is 5.75 Å². The van der Waals surface area contributed by atoms with Gasteiger partial charge in [0.25, 0.3) is 0 Å². The Balaban J connectivity index is 2.88. The second-order valence-electron chi connectivity index (χ2n) is 4.08. The van der Waals surface area contributed by atoms with E-state index < -0.39 is 5.97 Å². The number of aromatic carboxylic acids is 1. The second kappa shape index (κ2) is 5.54. The zero-order chi connectivity index (χ0) is 12.1. The Morgan fingerprint density at radius 1 is 1.50 bits per heavy atom. The van der Waals surface area contributed by atoms with Gasteiger partial charge in [0.05, 0.1) is 6.61 Å². The fourth-order valence-corrected chi connectivity index (χ4v) is 1.36. The highest BCUT2D eigenvalue weighted by Crippen LogP contribution is 2.24. The summed E-state index contributed by atoms with van der Waals surface area (Å²) >= 11 is 0. The average Bonchev–Trinajstić information content (AvgIpc) is 2.26. The molecule has 16 heavy (non-hydrogen) atoms. The summed E-state index contributed by atoms with van der Waals surface area (Å²) < 4.78 is 5.60. The van der Waals surface area contributed by atoms with Crippen LogP contribution >= 0.6 is 0 Å². The number of carbonyl (C=O) groups is 1. The van der Waals surface area contributed by atoms with Gasteiger partial charge in [-0.25, -0.2) is 4.79 Å². The average molecular weight is 222 g/mol. The van der Waals surface area contributed by atoms with Gasteiger partial charge in [-0.1, -0.05) is 32.4 Å². The van der Waals surface area contributed by atoms with Crippen LogP contribution < -0.4 is 4.74 Å². The summed E-state index contributed by atoms with van der Waals surface area (Å²) in [4.78, 5) is 11.0. The van der Waals surface area contributed by atoms with Crippen LogP contribution in [-0.4, -0.2) is 17.7 Å². The van der Waals surface area contributed by atoms with Crippen molar-refractivity contribution in [3.63, 3.8) is 0 Å². The quantitative estimate of drug-likeness (QED) is 0.832. The van der Waals surface area contributed by atoms with Gasteiger partial charge >= 0.3 is 5.97 Å². The van der Waals surface area contributed by atoms with Gasteiger partial charge in [0.1, 0.15) is 11.3 Å². The molecular weight excluding hydrogens is 204 g/mol. The van der Waals surface area contributed by atoms with Crippen molar-refractivity contribution in [1.29, 1.82) is 0 Å². The van der Waals surface area contributed by atoms with Gasteiger partial charge in [-0.2, -0.15) is 0 Å². The van der Waals surface area contributed by atoms with Crippen LogP contribution in [0.25, 0.3) is 0 Å². The van der Waals surface area contributed by atoms with Crippen LogP contribution in [0, 0.1) is 12.8 Å².